The van der Waals surface area contributed by atoms with Crippen LogP contribution in [0.3, 0.4) is 0 Å². The van der Waals surface area contributed by atoms with E-state index < -0.39 is 0 Å². The Hall–Kier alpha value is -0.490. The Morgan fingerprint density at radius 3 is 2.60 bits per heavy atom. The molecule has 1 aromatic rings. The molecular weight excluding hydrogens is 319 g/mol. The summed E-state index contributed by atoms with van der Waals surface area (Å²) in [6.07, 6.45) is 2.07. The molecule has 4 aliphatic rings. The molecule has 0 unspecified atom stereocenters. The molecule has 7 heteroatoms. The SMILES string of the molecule is Cl.O=C1O[C@]2(CN3CCC2CC3)CN1c1ccc(Cl)s1. The van der Waals surface area contributed by atoms with Gasteiger partial charge in [-0.25, -0.2) is 4.79 Å². The summed E-state index contributed by atoms with van der Waals surface area (Å²) < 4.78 is 6.52. The molecule has 0 aliphatic carbocycles. The van der Waals surface area contributed by atoms with E-state index in [1.807, 2.05) is 12.1 Å². The number of hydrogen-bond acceptors (Lipinski definition) is 4. The minimum absolute atomic E-state index is 0. The topological polar surface area (TPSA) is 32.8 Å². The number of fused-ring (bicyclic) bond motifs is 2. The molecule has 4 saturated heterocycles. The van der Waals surface area contributed by atoms with Crippen molar-refractivity contribution in [3.05, 3.63) is 16.5 Å². The van der Waals surface area contributed by atoms with Gasteiger partial charge in [-0.2, -0.15) is 0 Å². The Labute approximate surface area is 133 Å². The van der Waals surface area contributed by atoms with E-state index in [0.29, 0.717) is 16.8 Å². The number of ether oxygens (including phenoxy) is 1. The molecule has 1 amide bonds. The summed E-state index contributed by atoms with van der Waals surface area (Å²) in [4.78, 5) is 16.3. The standard InChI is InChI=1S/C13H15ClN2O2S.ClH/c14-10-1-2-11(19-10)16-8-13(18-12(16)17)7-15-5-3-9(13)4-6-15;/h1-2,9H,3-8H2;1H/t13-;/m1./s1. The van der Waals surface area contributed by atoms with Gasteiger partial charge < -0.3 is 4.74 Å². The number of piperidine rings is 3. The van der Waals surface area contributed by atoms with E-state index >= 15 is 0 Å². The van der Waals surface area contributed by atoms with Gasteiger partial charge in [0.2, 0.25) is 0 Å². The Morgan fingerprint density at radius 2 is 2.05 bits per heavy atom. The monoisotopic (exact) mass is 334 g/mol. The molecule has 0 radical (unpaired) electrons. The maximum absolute atomic E-state index is 12.2. The number of nitrogens with zero attached hydrogens (tertiary/aromatic N) is 2. The molecule has 20 heavy (non-hydrogen) atoms. The third kappa shape index (κ3) is 2.11. The van der Waals surface area contributed by atoms with Gasteiger partial charge in [-0.05, 0) is 38.1 Å². The third-order valence-corrected chi connectivity index (χ3v) is 5.84. The fourth-order valence-corrected chi connectivity index (χ4v) is 4.65. The van der Waals surface area contributed by atoms with Crippen molar-refractivity contribution in [2.24, 2.45) is 5.92 Å². The van der Waals surface area contributed by atoms with Crippen LogP contribution in [0.4, 0.5) is 9.80 Å². The number of rotatable bonds is 1. The van der Waals surface area contributed by atoms with Crippen molar-refractivity contribution in [3.63, 3.8) is 0 Å². The van der Waals surface area contributed by atoms with E-state index in [0.717, 1.165) is 37.5 Å². The van der Waals surface area contributed by atoms with Gasteiger partial charge in [-0.3, -0.25) is 9.80 Å². The van der Waals surface area contributed by atoms with Crippen molar-refractivity contribution in [1.82, 2.24) is 4.90 Å². The van der Waals surface area contributed by atoms with E-state index in [9.17, 15) is 4.79 Å². The van der Waals surface area contributed by atoms with Crippen LogP contribution in [0.15, 0.2) is 12.1 Å². The first-order chi connectivity index (χ1) is 9.16. The first-order valence-corrected chi connectivity index (χ1v) is 7.84. The summed E-state index contributed by atoms with van der Waals surface area (Å²) in [6, 6.07) is 3.73. The summed E-state index contributed by atoms with van der Waals surface area (Å²) in [5, 5.41) is 0.892. The van der Waals surface area contributed by atoms with Crippen molar-refractivity contribution in [3.8, 4) is 0 Å². The van der Waals surface area contributed by atoms with Crippen LogP contribution in [0, 0.1) is 5.92 Å². The molecule has 4 fully saturated rings. The zero-order chi connectivity index (χ0) is 13.0. The summed E-state index contributed by atoms with van der Waals surface area (Å²) >= 11 is 7.39. The first-order valence-electron chi connectivity index (χ1n) is 6.64. The molecule has 110 valence electrons. The van der Waals surface area contributed by atoms with Crippen molar-refractivity contribution >= 4 is 46.4 Å². The fraction of sp³-hybridized carbons (Fsp3) is 0.615. The normalized spacial score (nSPS) is 35.2. The van der Waals surface area contributed by atoms with Crippen LogP contribution < -0.4 is 4.90 Å². The summed E-state index contributed by atoms with van der Waals surface area (Å²) in [6.45, 7) is 3.85. The molecule has 4 aliphatic heterocycles. The second-order valence-electron chi connectivity index (χ2n) is 5.65. The van der Waals surface area contributed by atoms with Gasteiger partial charge in [0.1, 0.15) is 10.6 Å². The van der Waals surface area contributed by atoms with E-state index in [2.05, 4.69) is 4.90 Å². The van der Waals surface area contributed by atoms with Gasteiger partial charge in [0.05, 0.1) is 10.9 Å². The number of amides is 1. The number of carbonyl (C=O) groups is 1. The fourth-order valence-electron chi connectivity index (χ4n) is 3.63. The molecular formula is C13H16Cl2N2O2S. The minimum atomic E-state index is -0.288. The predicted molar refractivity (Wildman–Crippen MR) is 82.3 cm³/mol. The van der Waals surface area contributed by atoms with Crippen LogP contribution in [0.5, 0.6) is 0 Å². The zero-order valence-electron chi connectivity index (χ0n) is 10.9. The summed E-state index contributed by atoms with van der Waals surface area (Å²) in [7, 11) is 0. The van der Waals surface area contributed by atoms with Crippen molar-refractivity contribution < 1.29 is 9.53 Å². The highest BCUT2D eigenvalue weighted by Crippen LogP contribution is 2.44. The molecule has 5 rings (SSSR count). The van der Waals surface area contributed by atoms with E-state index in [-0.39, 0.29) is 24.1 Å². The van der Waals surface area contributed by atoms with Gasteiger partial charge in [-0.15, -0.1) is 23.7 Å². The Kier molecular flexibility index (Phi) is 3.65. The molecule has 0 aromatic carbocycles. The van der Waals surface area contributed by atoms with Gasteiger partial charge in [0, 0.05) is 12.5 Å². The number of hydrogen-bond donors (Lipinski definition) is 0. The molecule has 1 aromatic heterocycles. The van der Waals surface area contributed by atoms with Gasteiger partial charge in [-0.1, -0.05) is 11.6 Å². The molecule has 5 heterocycles. The molecule has 2 bridgehead atoms. The first kappa shape index (κ1) is 14.4. The maximum Gasteiger partial charge on any atom is 0.415 e. The number of anilines is 1. The molecule has 4 nitrogen and oxygen atoms in total. The smallest absolute Gasteiger partial charge is 0.415 e. The average Bonchev–Trinajstić information content (AvgIpc) is 2.95. The Balaban J connectivity index is 0.00000121. The zero-order valence-corrected chi connectivity index (χ0v) is 13.3. The Bertz CT molecular complexity index is 530. The predicted octanol–water partition coefficient (Wildman–Crippen LogP) is 3.24. The molecule has 1 atom stereocenters. The highest BCUT2D eigenvalue weighted by atomic mass is 35.5. The van der Waals surface area contributed by atoms with Crippen LogP contribution in [-0.2, 0) is 4.74 Å². The van der Waals surface area contributed by atoms with Crippen molar-refractivity contribution in [2.45, 2.75) is 18.4 Å². The third-order valence-electron chi connectivity index (χ3n) is 4.58. The lowest BCUT2D eigenvalue weighted by Gasteiger charge is -2.49. The maximum atomic E-state index is 12.2. The van der Waals surface area contributed by atoms with E-state index in [1.165, 1.54) is 11.3 Å². The van der Waals surface area contributed by atoms with Crippen LogP contribution in [0.2, 0.25) is 4.34 Å². The lowest BCUT2D eigenvalue weighted by atomic mass is 9.75. The minimum Gasteiger partial charge on any atom is -0.439 e. The molecule has 0 N–H and O–H groups in total. The van der Waals surface area contributed by atoms with Crippen molar-refractivity contribution in [2.75, 3.05) is 31.1 Å². The van der Waals surface area contributed by atoms with Gasteiger partial charge in [0.25, 0.3) is 0 Å². The van der Waals surface area contributed by atoms with Crippen LogP contribution in [0.1, 0.15) is 12.8 Å². The number of carbonyl (C=O) groups excluding carboxylic acids is 1. The van der Waals surface area contributed by atoms with E-state index in [1.54, 1.807) is 4.90 Å². The Morgan fingerprint density at radius 1 is 1.30 bits per heavy atom. The average molecular weight is 335 g/mol. The lowest BCUT2D eigenvalue weighted by molar-refractivity contribution is -0.0881. The second-order valence-corrected chi connectivity index (χ2v) is 7.34. The summed E-state index contributed by atoms with van der Waals surface area (Å²) in [5.74, 6) is 0.516. The number of thiophene rings is 1. The molecule has 1 spiro atoms. The van der Waals surface area contributed by atoms with Gasteiger partial charge in [0.15, 0.2) is 0 Å². The van der Waals surface area contributed by atoms with Crippen molar-refractivity contribution in [1.29, 1.82) is 0 Å². The largest absolute Gasteiger partial charge is 0.439 e. The quantitative estimate of drug-likeness (QED) is 0.790. The van der Waals surface area contributed by atoms with Gasteiger partial charge >= 0.3 is 6.09 Å². The number of halogens is 2. The summed E-state index contributed by atoms with van der Waals surface area (Å²) in [5.41, 5.74) is -0.288. The lowest BCUT2D eigenvalue weighted by Crippen LogP contribution is -2.61. The van der Waals surface area contributed by atoms with Crippen LogP contribution in [-0.4, -0.2) is 42.8 Å². The highest BCUT2D eigenvalue weighted by molar-refractivity contribution is 7.20. The highest BCUT2D eigenvalue weighted by Gasteiger charge is 2.55. The second kappa shape index (κ2) is 5.05. The van der Waals surface area contributed by atoms with E-state index in [4.69, 9.17) is 16.3 Å². The van der Waals surface area contributed by atoms with Crippen LogP contribution in [0.25, 0.3) is 0 Å². The van der Waals surface area contributed by atoms with Crippen LogP contribution >= 0.6 is 35.3 Å². The molecule has 0 saturated carbocycles.